The Morgan fingerprint density at radius 3 is 2.60 bits per heavy atom. The van der Waals surface area contributed by atoms with E-state index in [1.165, 1.54) is 22.9 Å². The maximum atomic E-state index is 12.4. The van der Waals surface area contributed by atoms with E-state index in [2.05, 4.69) is 9.98 Å². The number of nitrogens with one attached hydrogen (secondary N) is 1. The van der Waals surface area contributed by atoms with Crippen LogP contribution in [0.25, 0.3) is 5.69 Å². The number of hydrogen-bond donors (Lipinski definition) is 3. The summed E-state index contributed by atoms with van der Waals surface area (Å²) in [5.74, 6) is -0.813. The maximum absolute atomic E-state index is 12.4. The van der Waals surface area contributed by atoms with Gasteiger partial charge >= 0.3 is 5.97 Å². The summed E-state index contributed by atoms with van der Waals surface area (Å²) in [7, 11) is 0. The molecule has 1 aromatic heterocycles. The third-order valence-electron chi connectivity index (χ3n) is 4.32. The first-order valence-corrected chi connectivity index (χ1v) is 9.42. The van der Waals surface area contributed by atoms with Crippen molar-refractivity contribution in [2.24, 2.45) is 4.99 Å². The zero-order valence-corrected chi connectivity index (χ0v) is 17.1. The lowest BCUT2D eigenvalue weighted by molar-refractivity contribution is 0.0697. The first kappa shape index (κ1) is 21.0. The number of benzene rings is 2. The van der Waals surface area contributed by atoms with Crippen LogP contribution in [0.5, 0.6) is 11.6 Å². The smallest absolute Gasteiger partial charge is 0.335 e. The summed E-state index contributed by atoms with van der Waals surface area (Å²) in [6.45, 7) is 4.15. The summed E-state index contributed by atoms with van der Waals surface area (Å²) < 4.78 is 6.72. The Labute approximate surface area is 176 Å². The number of carboxylic acid groups (broad SMARTS) is 1. The highest BCUT2D eigenvalue weighted by Gasteiger charge is 2.13. The molecule has 0 saturated carbocycles. The minimum Gasteiger partial charge on any atom is -0.494 e. The van der Waals surface area contributed by atoms with Crippen LogP contribution in [0.3, 0.4) is 0 Å². The number of rotatable bonds is 6. The molecule has 0 saturated heterocycles. The third-order valence-corrected chi connectivity index (χ3v) is 4.60. The van der Waals surface area contributed by atoms with Gasteiger partial charge in [0.25, 0.3) is 5.56 Å². The Hall–Kier alpha value is -3.72. The number of nitrogens with zero attached hydrogens (tertiary/aromatic N) is 2. The standard InChI is InChI=1S/C21H19N3O5S/c1-3-29-15-8-6-14(7-9-15)24-19(26)16(18(25)23-21(24)30)11-22-17-10-13(20(27)28)5-4-12(17)2/h4-11,26H,3H2,1-2H3,(H,27,28)(H,23,25,30). The fourth-order valence-electron chi connectivity index (χ4n) is 2.77. The molecule has 0 radical (unpaired) electrons. The molecule has 3 N–H and O–H groups in total. The lowest BCUT2D eigenvalue weighted by atomic mass is 10.1. The highest BCUT2D eigenvalue weighted by Crippen LogP contribution is 2.23. The second kappa shape index (κ2) is 8.75. The van der Waals surface area contributed by atoms with Gasteiger partial charge in [-0.05, 0) is 68.0 Å². The first-order valence-electron chi connectivity index (χ1n) is 9.01. The lowest BCUT2D eigenvalue weighted by Gasteiger charge is -2.12. The van der Waals surface area contributed by atoms with Gasteiger partial charge in [-0.1, -0.05) is 6.07 Å². The number of aromatic carboxylic acids is 1. The van der Waals surface area contributed by atoms with Crippen LogP contribution >= 0.6 is 12.2 Å². The average Bonchev–Trinajstić information content (AvgIpc) is 2.70. The summed E-state index contributed by atoms with van der Waals surface area (Å²) in [5.41, 5.74) is 0.940. The first-order chi connectivity index (χ1) is 14.3. The molecule has 3 aromatic rings. The molecule has 30 heavy (non-hydrogen) atoms. The number of aromatic hydroxyl groups is 1. The van der Waals surface area contributed by atoms with Gasteiger partial charge in [0.2, 0.25) is 5.88 Å². The molecule has 0 aliphatic carbocycles. The van der Waals surface area contributed by atoms with Crippen molar-refractivity contribution >= 4 is 30.1 Å². The van der Waals surface area contributed by atoms with E-state index in [9.17, 15) is 14.7 Å². The molecule has 0 aliphatic rings. The summed E-state index contributed by atoms with van der Waals surface area (Å²) in [6, 6.07) is 11.3. The molecular weight excluding hydrogens is 406 g/mol. The van der Waals surface area contributed by atoms with Crippen LogP contribution in [0.4, 0.5) is 5.69 Å². The van der Waals surface area contributed by atoms with E-state index < -0.39 is 11.5 Å². The van der Waals surface area contributed by atoms with Gasteiger partial charge in [0.15, 0.2) is 4.77 Å². The molecule has 0 atom stereocenters. The van der Waals surface area contributed by atoms with Crippen molar-refractivity contribution in [3.8, 4) is 17.3 Å². The minimum atomic E-state index is -1.09. The van der Waals surface area contributed by atoms with Crippen molar-refractivity contribution in [3.05, 3.63) is 74.3 Å². The van der Waals surface area contributed by atoms with E-state index in [4.69, 9.17) is 22.1 Å². The molecule has 0 amide bonds. The summed E-state index contributed by atoms with van der Waals surface area (Å²) in [4.78, 5) is 30.3. The minimum absolute atomic E-state index is 0.0165. The van der Waals surface area contributed by atoms with Gasteiger partial charge in [-0.25, -0.2) is 4.79 Å². The zero-order chi connectivity index (χ0) is 21.8. The summed E-state index contributed by atoms with van der Waals surface area (Å²) >= 11 is 5.20. The molecule has 8 nitrogen and oxygen atoms in total. The fourth-order valence-corrected chi connectivity index (χ4v) is 3.05. The van der Waals surface area contributed by atoms with Crippen molar-refractivity contribution in [2.45, 2.75) is 13.8 Å². The maximum Gasteiger partial charge on any atom is 0.335 e. The topological polar surface area (TPSA) is 117 Å². The predicted octanol–water partition coefficient (Wildman–Crippen LogP) is 3.76. The van der Waals surface area contributed by atoms with Crippen LogP contribution in [0.2, 0.25) is 0 Å². The molecule has 1 heterocycles. The Morgan fingerprint density at radius 2 is 1.97 bits per heavy atom. The van der Waals surface area contributed by atoms with Crippen molar-refractivity contribution in [1.82, 2.24) is 9.55 Å². The van der Waals surface area contributed by atoms with Crippen molar-refractivity contribution < 1.29 is 19.7 Å². The number of hydrogen-bond acceptors (Lipinski definition) is 6. The number of H-pyrrole nitrogens is 1. The largest absolute Gasteiger partial charge is 0.494 e. The highest BCUT2D eigenvalue weighted by molar-refractivity contribution is 7.71. The van der Waals surface area contributed by atoms with Crippen molar-refractivity contribution in [1.29, 1.82) is 0 Å². The van der Waals surface area contributed by atoms with Crippen LogP contribution in [-0.2, 0) is 0 Å². The number of aryl methyl sites for hydroxylation is 1. The zero-order valence-electron chi connectivity index (χ0n) is 16.2. The quantitative estimate of drug-likeness (QED) is 0.409. The van der Waals surface area contributed by atoms with Crippen LogP contribution in [0.1, 0.15) is 28.4 Å². The van der Waals surface area contributed by atoms with E-state index in [-0.39, 0.29) is 21.8 Å². The van der Waals surface area contributed by atoms with Gasteiger partial charge in [-0.3, -0.25) is 19.3 Å². The number of aromatic nitrogens is 2. The molecular formula is C21H19N3O5S. The average molecular weight is 425 g/mol. The number of carbonyl (C=O) groups is 1. The number of aromatic amines is 1. The van der Waals surface area contributed by atoms with Crippen LogP contribution < -0.4 is 10.3 Å². The third kappa shape index (κ3) is 4.31. The SMILES string of the molecule is CCOc1ccc(-n2c(O)c(C=Nc3cc(C(=O)O)ccc3C)c(=O)[nH]c2=S)cc1. The predicted molar refractivity (Wildman–Crippen MR) is 115 cm³/mol. The summed E-state index contributed by atoms with van der Waals surface area (Å²) in [6.07, 6.45) is 1.18. The molecule has 9 heteroatoms. The molecule has 154 valence electrons. The van der Waals surface area contributed by atoms with E-state index in [0.717, 1.165) is 0 Å². The van der Waals surface area contributed by atoms with E-state index in [1.807, 2.05) is 6.92 Å². The van der Waals surface area contributed by atoms with E-state index in [0.29, 0.717) is 29.3 Å². The highest BCUT2D eigenvalue weighted by atomic mass is 32.1. The molecule has 0 fully saturated rings. The van der Waals surface area contributed by atoms with Crippen LogP contribution in [0.15, 0.2) is 52.3 Å². The Morgan fingerprint density at radius 1 is 1.27 bits per heavy atom. The van der Waals surface area contributed by atoms with Gasteiger partial charge in [0.05, 0.1) is 23.5 Å². The molecule has 0 spiro atoms. The molecule has 3 rings (SSSR count). The summed E-state index contributed by atoms with van der Waals surface area (Å²) in [5, 5.41) is 19.9. The molecule has 0 aliphatic heterocycles. The van der Waals surface area contributed by atoms with E-state index in [1.54, 1.807) is 37.3 Å². The van der Waals surface area contributed by atoms with Gasteiger partial charge in [-0.2, -0.15) is 0 Å². The number of carboxylic acids is 1. The molecule has 0 unspecified atom stereocenters. The van der Waals surface area contributed by atoms with E-state index >= 15 is 0 Å². The Kier molecular flexibility index (Phi) is 6.12. The Balaban J connectivity index is 2.07. The number of aliphatic imine (C=N–C) groups is 1. The number of ether oxygens (including phenoxy) is 1. The van der Waals surface area contributed by atoms with Crippen molar-refractivity contribution in [2.75, 3.05) is 6.61 Å². The van der Waals surface area contributed by atoms with Crippen LogP contribution in [0, 0.1) is 11.7 Å². The molecule has 0 bridgehead atoms. The monoisotopic (exact) mass is 425 g/mol. The van der Waals surface area contributed by atoms with Crippen molar-refractivity contribution in [3.63, 3.8) is 0 Å². The molecule has 2 aromatic carbocycles. The normalized spacial score (nSPS) is 11.0. The van der Waals surface area contributed by atoms with Gasteiger partial charge < -0.3 is 14.9 Å². The lowest BCUT2D eigenvalue weighted by Crippen LogP contribution is -2.18. The van der Waals surface area contributed by atoms with Gasteiger partial charge in [0, 0.05) is 6.21 Å². The second-order valence-corrected chi connectivity index (χ2v) is 6.71. The van der Waals surface area contributed by atoms with Gasteiger partial charge in [0.1, 0.15) is 11.3 Å². The Bertz CT molecular complexity index is 1240. The second-order valence-electron chi connectivity index (χ2n) is 6.32. The van der Waals surface area contributed by atoms with Crippen LogP contribution in [-0.4, -0.2) is 38.6 Å². The fraction of sp³-hybridized carbons (Fsp3) is 0.143. The van der Waals surface area contributed by atoms with Gasteiger partial charge in [-0.15, -0.1) is 0 Å².